The summed E-state index contributed by atoms with van der Waals surface area (Å²) in [6, 6.07) is 0. The summed E-state index contributed by atoms with van der Waals surface area (Å²) >= 11 is 0. The minimum Gasteiger partial charge on any atom is -0.0988 e. The van der Waals surface area contributed by atoms with Gasteiger partial charge in [0.2, 0.25) is 0 Å². The van der Waals surface area contributed by atoms with Crippen LogP contribution in [-0.2, 0) is 0 Å². The predicted octanol–water partition coefficient (Wildman–Crippen LogP) is 8.22. The smallest absolute Gasteiger partial charge is 0.0156 e. The van der Waals surface area contributed by atoms with Crippen LogP contribution in [0.25, 0.3) is 0 Å². The van der Waals surface area contributed by atoms with E-state index in [9.17, 15) is 0 Å². The normalized spacial score (nSPS) is 11.7. The zero-order valence-electron chi connectivity index (χ0n) is 16.9. The predicted molar refractivity (Wildman–Crippen MR) is 109 cm³/mol. The van der Waals surface area contributed by atoms with E-state index in [0.29, 0.717) is 0 Å². The summed E-state index contributed by atoms with van der Waals surface area (Å²) < 4.78 is 0. The molecule has 0 aliphatic carbocycles. The van der Waals surface area contributed by atoms with Gasteiger partial charge in [-0.1, -0.05) is 91.2 Å². The van der Waals surface area contributed by atoms with Crippen molar-refractivity contribution in [1.82, 2.24) is 0 Å². The molecule has 0 fully saturated rings. The molecule has 0 atom stereocenters. The zero-order valence-corrected chi connectivity index (χ0v) is 16.9. The average Bonchev–Trinajstić information content (AvgIpc) is 2.61. The fourth-order valence-corrected chi connectivity index (χ4v) is 1.42. The van der Waals surface area contributed by atoms with Crippen LogP contribution in [0, 0.1) is 0 Å². The first-order valence-corrected chi connectivity index (χ1v) is 8.54. The van der Waals surface area contributed by atoms with Crippen molar-refractivity contribution in [2.45, 2.75) is 69.2 Å². The first-order chi connectivity index (χ1) is 10.6. The first kappa shape index (κ1) is 28.6. The molecule has 0 saturated heterocycles. The maximum Gasteiger partial charge on any atom is -0.0156 e. The Kier molecular flexibility index (Phi) is 31.8. The Balaban J connectivity index is -0.000000238. The SMILES string of the molecule is C=C/C(C)=C(\C=C/C)C(/C=C\C)=C(\C)C=C.CC.CC.CC. The van der Waals surface area contributed by atoms with Gasteiger partial charge < -0.3 is 0 Å². The quantitative estimate of drug-likeness (QED) is 0.449. The fraction of sp³-hybridized carbons (Fsp3) is 0.455. The van der Waals surface area contributed by atoms with Crippen LogP contribution in [0.4, 0.5) is 0 Å². The van der Waals surface area contributed by atoms with E-state index in [-0.39, 0.29) is 0 Å². The van der Waals surface area contributed by atoms with E-state index in [1.807, 2.05) is 79.7 Å². The lowest BCUT2D eigenvalue weighted by Crippen LogP contribution is -1.91. The van der Waals surface area contributed by atoms with Crippen LogP contribution >= 0.6 is 0 Å². The van der Waals surface area contributed by atoms with E-state index in [1.54, 1.807) is 0 Å². The Morgan fingerprint density at radius 1 is 0.591 bits per heavy atom. The van der Waals surface area contributed by atoms with Crippen molar-refractivity contribution >= 4 is 0 Å². The van der Waals surface area contributed by atoms with Gasteiger partial charge in [-0.05, 0) is 50.0 Å². The highest BCUT2D eigenvalue weighted by Gasteiger charge is 2.03. The minimum absolute atomic E-state index is 1.17. The van der Waals surface area contributed by atoms with Gasteiger partial charge in [0.25, 0.3) is 0 Å². The summed E-state index contributed by atoms with van der Waals surface area (Å²) in [6.07, 6.45) is 12.1. The Morgan fingerprint density at radius 3 is 0.955 bits per heavy atom. The summed E-state index contributed by atoms with van der Waals surface area (Å²) in [6.45, 7) is 27.8. The summed E-state index contributed by atoms with van der Waals surface area (Å²) in [4.78, 5) is 0. The fourth-order valence-electron chi connectivity index (χ4n) is 1.42. The molecule has 0 aromatic rings. The third-order valence-corrected chi connectivity index (χ3v) is 2.42. The van der Waals surface area contributed by atoms with Crippen molar-refractivity contribution in [2.24, 2.45) is 0 Å². The highest BCUT2D eigenvalue weighted by Crippen LogP contribution is 2.22. The van der Waals surface area contributed by atoms with E-state index in [4.69, 9.17) is 0 Å². The van der Waals surface area contributed by atoms with Crippen molar-refractivity contribution < 1.29 is 0 Å². The van der Waals surface area contributed by atoms with E-state index in [1.165, 1.54) is 22.3 Å². The summed E-state index contributed by atoms with van der Waals surface area (Å²) in [5.74, 6) is 0. The molecule has 0 saturated carbocycles. The lowest BCUT2D eigenvalue weighted by atomic mass is 9.95. The molecule has 0 rings (SSSR count). The number of rotatable bonds is 5. The van der Waals surface area contributed by atoms with Crippen molar-refractivity contribution in [3.05, 3.63) is 71.9 Å². The molecular weight excluding hydrogens is 264 g/mol. The highest BCUT2D eigenvalue weighted by atomic mass is 14.1. The molecule has 0 aromatic heterocycles. The standard InChI is InChI=1S/C16H22.3C2H6/c1-7-11-15(13(5)9-3)16(12-8-2)14(6)10-4;3*1-2/h7-12H,3-4H2,1-2,5-6H3;3*1-2H3/b11-7-,12-8-,15-13+,16-14+;;;. The second kappa shape index (κ2) is 24.5. The van der Waals surface area contributed by atoms with Gasteiger partial charge >= 0.3 is 0 Å². The number of hydrogen-bond donors (Lipinski definition) is 0. The summed E-state index contributed by atoms with van der Waals surface area (Å²) in [5.41, 5.74) is 4.75. The zero-order chi connectivity index (χ0) is 18.6. The van der Waals surface area contributed by atoms with Crippen LogP contribution in [0.2, 0.25) is 0 Å². The van der Waals surface area contributed by atoms with Crippen molar-refractivity contribution in [3.8, 4) is 0 Å². The molecule has 128 valence electrons. The molecular formula is C22H40. The molecule has 0 amide bonds. The van der Waals surface area contributed by atoms with Gasteiger partial charge in [-0.3, -0.25) is 0 Å². The molecule has 0 unspecified atom stereocenters. The van der Waals surface area contributed by atoms with Gasteiger partial charge in [0.05, 0.1) is 0 Å². The van der Waals surface area contributed by atoms with Gasteiger partial charge in [0, 0.05) is 0 Å². The maximum atomic E-state index is 3.83. The summed E-state index contributed by atoms with van der Waals surface area (Å²) in [5, 5.41) is 0. The molecule has 0 heterocycles. The Bertz CT molecular complexity index is 333. The molecule has 0 N–H and O–H groups in total. The van der Waals surface area contributed by atoms with Crippen LogP contribution in [0.1, 0.15) is 69.2 Å². The molecule has 0 nitrogen and oxygen atoms in total. The molecule has 0 aliphatic heterocycles. The molecule has 0 aliphatic rings. The third-order valence-electron chi connectivity index (χ3n) is 2.42. The first-order valence-electron chi connectivity index (χ1n) is 8.54. The largest absolute Gasteiger partial charge is 0.0988 e. The molecule has 0 spiro atoms. The summed E-state index contributed by atoms with van der Waals surface area (Å²) in [7, 11) is 0. The van der Waals surface area contributed by atoms with E-state index in [0.717, 1.165) is 0 Å². The van der Waals surface area contributed by atoms with Gasteiger partial charge in [-0.25, -0.2) is 0 Å². The lowest BCUT2D eigenvalue weighted by molar-refractivity contribution is 1.34. The van der Waals surface area contributed by atoms with Crippen molar-refractivity contribution in [3.63, 3.8) is 0 Å². The van der Waals surface area contributed by atoms with Crippen LogP contribution in [0.5, 0.6) is 0 Å². The number of allylic oxidation sites excluding steroid dienone is 10. The van der Waals surface area contributed by atoms with Crippen LogP contribution < -0.4 is 0 Å². The number of hydrogen-bond acceptors (Lipinski definition) is 0. The molecule has 0 radical (unpaired) electrons. The lowest BCUT2D eigenvalue weighted by Gasteiger charge is -2.10. The molecule has 0 bridgehead atoms. The third kappa shape index (κ3) is 13.4. The minimum atomic E-state index is 1.17. The second-order valence-corrected chi connectivity index (χ2v) is 3.60. The van der Waals surface area contributed by atoms with Gasteiger partial charge in [-0.2, -0.15) is 0 Å². The van der Waals surface area contributed by atoms with Gasteiger partial charge in [-0.15, -0.1) is 0 Å². The maximum absolute atomic E-state index is 3.83. The Hall–Kier alpha value is -1.56. The second-order valence-electron chi connectivity index (χ2n) is 3.60. The van der Waals surface area contributed by atoms with Crippen LogP contribution in [0.3, 0.4) is 0 Å². The van der Waals surface area contributed by atoms with Crippen LogP contribution in [-0.4, -0.2) is 0 Å². The monoisotopic (exact) mass is 304 g/mol. The topological polar surface area (TPSA) is 0 Å². The average molecular weight is 305 g/mol. The van der Waals surface area contributed by atoms with Crippen LogP contribution in [0.15, 0.2) is 71.9 Å². The van der Waals surface area contributed by atoms with E-state index < -0.39 is 0 Å². The Morgan fingerprint density at radius 2 is 0.818 bits per heavy atom. The Labute approximate surface area is 141 Å². The van der Waals surface area contributed by atoms with E-state index >= 15 is 0 Å². The van der Waals surface area contributed by atoms with Crippen molar-refractivity contribution in [1.29, 1.82) is 0 Å². The molecule has 0 aromatic carbocycles. The van der Waals surface area contributed by atoms with E-state index in [2.05, 4.69) is 39.2 Å². The molecule has 0 heteroatoms. The van der Waals surface area contributed by atoms with Gasteiger partial charge in [0.15, 0.2) is 0 Å². The molecule has 22 heavy (non-hydrogen) atoms. The van der Waals surface area contributed by atoms with Crippen molar-refractivity contribution in [2.75, 3.05) is 0 Å². The van der Waals surface area contributed by atoms with Gasteiger partial charge in [0.1, 0.15) is 0 Å². The highest BCUT2D eigenvalue weighted by molar-refractivity contribution is 5.54.